The van der Waals surface area contributed by atoms with Crippen molar-refractivity contribution in [2.45, 2.75) is 6.23 Å². The van der Waals surface area contributed by atoms with E-state index in [9.17, 15) is 4.21 Å². The van der Waals surface area contributed by atoms with Crippen molar-refractivity contribution >= 4 is 11.0 Å². The zero-order valence-corrected chi connectivity index (χ0v) is 7.45. The summed E-state index contributed by atoms with van der Waals surface area (Å²) in [6.07, 6.45) is 1.50. The Kier molecular flexibility index (Phi) is 1.96. The molecule has 0 saturated carbocycles. The van der Waals surface area contributed by atoms with Crippen LogP contribution in [0.2, 0.25) is 0 Å². The average Bonchev–Trinajstić information content (AvgIpc) is 2.84. The largest absolute Gasteiger partial charge is 0.256 e. The van der Waals surface area contributed by atoms with Crippen LogP contribution in [0.25, 0.3) is 0 Å². The monoisotopic (exact) mass is 183 g/mol. The lowest BCUT2D eigenvalue weighted by atomic mass is 10.2. The minimum atomic E-state index is -1.03. The summed E-state index contributed by atoms with van der Waals surface area (Å²) in [5.74, 6) is 0. The minimum Gasteiger partial charge on any atom is -0.256 e. The van der Waals surface area contributed by atoms with E-state index in [1.54, 1.807) is 6.26 Å². The lowest BCUT2D eigenvalue weighted by molar-refractivity contribution is 0.293. The van der Waals surface area contributed by atoms with E-state index in [4.69, 9.17) is 4.84 Å². The van der Waals surface area contributed by atoms with Crippen LogP contribution in [0.4, 0.5) is 0 Å². The van der Waals surface area contributed by atoms with Crippen LogP contribution in [-0.4, -0.2) is 14.9 Å². The first-order chi connectivity index (χ1) is 5.79. The smallest absolute Gasteiger partial charge is 0.194 e. The van der Waals surface area contributed by atoms with Gasteiger partial charge < -0.3 is 0 Å². The third kappa shape index (κ3) is 1.41. The molecule has 1 aliphatic rings. The predicted octanol–water partition coefficient (Wildman–Crippen LogP) is 1.23. The van der Waals surface area contributed by atoms with Crippen molar-refractivity contribution in [1.29, 1.82) is 0 Å². The first kappa shape index (κ1) is 7.91. The fourth-order valence-electron chi connectivity index (χ4n) is 1.07. The van der Waals surface area contributed by atoms with Crippen LogP contribution in [0.5, 0.6) is 0 Å². The lowest BCUT2D eigenvalue weighted by Crippen LogP contribution is -1.99. The van der Waals surface area contributed by atoms with Crippen molar-refractivity contribution in [2.75, 3.05) is 6.26 Å². The van der Waals surface area contributed by atoms with Gasteiger partial charge in [0.05, 0.1) is 0 Å². The Morgan fingerprint density at radius 2 is 2.08 bits per heavy atom. The fraction of sp³-hybridized carbons (Fsp3) is 0.250. The molecule has 2 rings (SSSR count). The summed E-state index contributed by atoms with van der Waals surface area (Å²) in [5.41, 5.74) is 1.05. The van der Waals surface area contributed by atoms with E-state index in [0.29, 0.717) is 0 Å². The van der Waals surface area contributed by atoms with Crippen LogP contribution in [0, 0.1) is 0 Å². The SMILES string of the molecule is CS(=O)N1OC1c1ccccc1. The van der Waals surface area contributed by atoms with Crippen LogP contribution >= 0.6 is 0 Å². The van der Waals surface area contributed by atoms with Gasteiger partial charge in [-0.3, -0.25) is 4.84 Å². The molecule has 1 saturated heterocycles. The van der Waals surface area contributed by atoms with Crippen LogP contribution in [0.1, 0.15) is 11.8 Å². The van der Waals surface area contributed by atoms with Crippen molar-refractivity contribution in [3.05, 3.63) is 35.9 Å². The van der Waals surface area contributed by atoms with E-state index in [1.165, 1.54) is 4.47 Å². The Bertz CT molecular complexity index is 301. The molecule has 12 heavy (non-hydrogen) atoms. The zero-order chi connectivity index (χ0) is 8.55. The molecule has 1 aromatic rings. The summed E-state index contributed by atoms with van der Waals surface area (Å²) in [6.45, 7) is 0. The van der Waals surface area contributed by atoms with Crippen molar-refractivity contribution in [1.82, 2.24) is 4.47 Å². The summed E-state index contributed by atoms with van der Waals surface area (Å²) in [4.78, 5) is 5.10. The first-order valence-electron chi connectivity index (χ1n) is 3.63. The fourth-order valence-corrected chi connectivity index (χ4v) is 1.66. The molecule has 0 amide bonds. The second kappa shape index (κ2) is 2.97. The molecule has 1 heterocycles. The first-order valence-corrected chi connectivity index (χ1v) is 5.15. The molecule has 0 spiro atoms. The van der Waals surface area contributed by atoms with Gasteiger partial charge in [0.15, 0.2) is 6.23 Å². The molecule has 1 fully saturated rings. The highest BCUT2D eigenvalue weighted by Gasteiger charge is 2.41. The van der Waals surface area contributed by atoms with Crippen molar-refractivity contribution in [3.8, 4) is 0 Å². The molecule has 0 radical (unpaired) electrons. The summed E-state index contributed by atoms with van der Waals surface area (Å²) < 4.78 is 12.4. The van der Waals surface area contributed by atoms with Gasteiger partial charge in [-0.1, -0.05) is 34.8 Å². The van der Waals surface area contributed by atoms with Gasteiger partial charge in [-0.2, -0.15) is 0 Å². The van der Waals surface area contributed by atoms with E-state index < -0.39 is 11.0 Å². The molecule has 0 aliphatic carbocycles. The molecule has 3 unspecified atom stereocenters. The Hall–Kier alpha value is -0.710. The Morgan fingerprint density at radius 3 is 2.58 bits per heavy atom. The Balaban J connectivity index is 2.11. The highest BCUT2D eigenvalue weighted by Crippen LogP contribution is 2.37. The van der Waals surface area contributed by atoms with Crippen LogP contribution < -0.4 is 0 Å². The van der Waals surface area contributed by atoms with Gasteiger partial charge in [-0.25, -0.2) is 4.21 Å². The van der Waals surface area contributed by atoms with Crippen molar-refractivity contribution in [2.24, 2.45) is 0 Å². The van der Waals surface area contributed by atoms with E-state index >= 15 is 0 Å². The molecule has 0 N–H and O–H groups in total. The molecular weight excluding hydrogens is 174 g/mol. The number of hydrogen-bond acceptors (Lipinski definition) is 2. The Morgan fingerprint density at radius 1 is 1.42 bits per heavy atom. The lowest BCUT2D eigenvalue weighted by Gasteiger charge is -1.92. The number of rotatable bonds is 2. The maximum absolute atomic E-state index is 10.9. The van der Waals surface area contributed by atoms with E-state index in [-0.39, 0.29) is 6.23 Å². The summed E-state index contributed by atoms with van der Waals surface area (Å²) in [6, 6.07) is 9.73. The second-order valence-corrected chi connectivity index (χ2v) is 3.79. The van der Waals surface area contributed by atoms with Gasteiger partial charge in [0, 0.05) is 11.8 Å². The van der Waals surface area contributed by atoms with Crippen molar-refractivity contribution in [3.63, 3.8) is 0 Å². The predicted molar refractivity (Wildman–Crippen MR) is 46.2 cm³/mol. The Labute approximate surface area is 73.5 Å². The van der Waals surface area contributed by atoms with Gasteiger partial charge >= 0.3 is 0 Å². The molecule has 3 atom stereocenters. The molecule has 0 bridgehead atoms. The molecule has 3 nitrogen and oxygen atoms in total. The highest BCUT2D eigenvalue weighted by molar-refractivity contribution is 7.81. The normalized spacial score (nSPS) is 29.8. The summed E-state index contributed by atoms with van der Waals surface area (Å²) in [7, 11) is -1.03. The highest BCUT2D eigenvalue weighted by atomic mass is 32.2. The van der Waals surface area contributed by atoms with Crippen LogP contribution in [0.3, 0.4) is 0 Å². The van der Waals surface area contributed by atoms with E-state index in [2.05, 4.69) is 0 Å². The van der Waals surface area contributed by atoms with E-state index in [0.717, 1.165) is 5.56 Å². The van der Waals surface area contributed by atoms with Gasteiger partial charge in [0.1, 0.15) is 11.0 Å². The molecule has 1 aliphatic heterocycles. The molecule has 0 aromatic heterocycles. The summed E-state index contributed by atoms with van der Waals surface area (Å²) >= 11 is 0. The van der Waals surface area contributed by atoms with Gasteiger partial charge in [-0.15, -0.1) is 0 Å². The second-order valence-electron chi connectivity index (χ2n) is 2.58. The van der Waals surface area contributed by atoms with Crippen molar-refractivity contribution < 1.29 is 9.05 Å². The minimum absolute atomic E-state index is 0.1000. The van der Waals surface area contributed by atoms with Crippen LogP contribution in [-0.2, 0) is 15.8 Å². The van der Waals surface area contributed by atoms with Gasteiger partial charge in [-0.05, 0) is 0 Å². The number of hydrogen-bond donors (Lipinski definition) is 0. The van der Waals surface area contributed by atoms with Crippen LogP contribution in [0.15, 0.2) is 30.3 Å². The molecule has 64 valence electrons. The van der Waals surface area contributed by atoms with Gasteiger partial charge in [0.2, 0.25) is 0 Å². The standard InChI is InChI=1S/C8H9NO2S/c1-12(10)9-8(11-9)7-5-3-2-4-6-7/h2-6,8H,1H3. The topological polar surface area (TPSA) is 32.6 Å². The summed E-state index contributed by atoms with van der Waals surface area (Å²) in [5, 5.41) is 0. The molecule has 1 aromatic carbocycles. The molecule has 4 heteroatoms. The maximum atomic E-state index is 10.9. The van der Waals surface area contributed by atoms with E-state index in [1.807, 2.05) is 30.3 Å². The van der Waals surface area contributed by atoms with Gasteiger partial charge in [0.25, 0.3) is 0 Å². The third-order valence-electron chi connectivity index (χ3n) is 1.69. The number of benzene rings is 1. The average molecular weight is 183 g/mol. The third-order valence-corrected chi connectivity index (χ3v) is 2.47. The molecular formula is C8H9NO2S. The maximum Gasteiger partial charge on any atom is 0.194 e. The number of nitrogens with zero attached hydrogens (tertiary/aromatic N) is 1. The quantitative estimate of drug-likeness (QED) is 0.646. The zero-order valence-electron chi connectivity index (χ0n) is 6.64. The number of hydroxylamine groups is 1.